The van der Waals surface area contributed by atoms with Crippen LogP contribution in [0.25, 0.3) is 0 Å². The number of rotatable bonds is 4. The van der Waals surface area contributed by atoms with Gasteiger partial charge in [0.05, 0.1) is 7.11 Å². The molecule has 0 fully saturated rings. The van der Waals surface area contributed by atoms with Crippen LogP contribution in [0.5, 0.6) is 5.75 Å². The topological polar surface area (TPSA) is 18.5 Å². The van der Waals surface area contributed by atoms with E-state index in [2.05, 4.69) is 6.92 Å². The lowest BCUT2D eigenvalue weighted by Crippen LogP contribution is -2.05. The van der Waals surface area contributed by atoms with Gasteiger partial charge in [-0.2, -0.15) is 0 Å². The maximum Gasteiger partial charge on any atom is 0.119 e. The summed E-state index contributed by atoms with van der Waals surface area (Å²) in [7, 11) is 3.37. The van der Waals surface area contributed by atoms with Crippen molar-refractivity contribution in [1.82, 2.24) is 0 Å². The molecule has 0 aliphatic carbocycles. The van der Waals surface area contributed by atoms with Gasteiger partial charge in [0.15, 0.2) is 0 Å². The molecular formula is C16H17O2. The summed E-state index contributed by atoms with van der Waals surface area (Å²) in [6.45, 7) is 4.05. The minimum atomic E-state index is -0.117. The molecule has 0 saturated carbocycles. The van der Waals surface area contributed by atoms with E-state index in [0.29, 0.717) is 0 Å². The third-order valence-electron chi connectivity index (χ3n) is 2.97. The molecule has 0 aliphatic heterocycles. The van der Waals surface area contributed by atoms with E-state index in [1.54, 1.807) is 14.2 Å². The molecule has 0 saturated heterocycles. The first kappa shape index (κ1) is 12.7. The van der Waals surface area contributed by atoms with Crippen LogP contribution in [0.1, 0.15) is 22.8 Å². The summed E-state index contributed by atoms with van der Waals surface area (Å²) in [5, 5.41) is 0. The maximum atomic E-state index is 5.61. The fourth-order valence-corrected chi connectivity index (χ4v) is 2.04. The van der Waals surface area contributed by atoms with E-state index < -0.39 is 0 Å². The second kappa shape index (κ2) is 5.69. The first-order chi connectivity index (χ1) is 8.76. The van der Waals surface area contributed by atoms with E-state index in [9.17, 15) is 0 Å². The highest BCUT2D eigenvalue weighted by Gasteiger charge is 2.15. The van der Waals surface area contributed by atoms with Crippen molar-refractivity contribution in [2.24, 2.45) is 0 Å². The van der Waals surface area contributed by atoms with Crippen LogP contribution in [0.3, 0.4) is 0 Å². The molecule has 0 aliphatic rings. The lowest BCUT2D eigenvalue weighted by molar-refractivity contribution is 0.136. The number of ether oxygens (including phenoxy) is 2. The Kier molecular flexibility index (Phi) is 4.00. The molecule has 2 aromatic rings. The number of methoxy groups -OCH3 is 2. The monoisotopic (exact) mass is 241 g/mol. The minimum Gasteiger partial charge on any atom is -0.497 e. The fraction of sp³-hybridized carbons (Fsp3) is 0.188. The Labute approximate surface area is 108 Å². The smallest absolute Gasteiger partial charge is 0.119 e. The van der Waals surface area contributed by atoms with Crippen LogP contribution >= 0.6 is 0 Å². The molecule has 2 aromatic carbocycles. The lowest BCUT2D eigenvalue weighted by atomic mass is 9.97. The molecule has 2 heteroatoms. The fourth-order valence-electron chi connectivity index (χ4n) is 2.04. The zero-order valence-corrected chi connectivity index (χ0v) is 10.7. The van der Waals surface area contributed by atoms with Crippen molar-refractivity contribution in [3.05, 3.63) is 72.1 Å². The Hall–Kier alpha value is -1.80. The Morgan fingerprint density at radius 2 is 1.78 bits per heavy atom. The third-order valence-corrected chi connectivity index (χ3v) is 2.97. The zero-order valence-electron chi connectivity index (χ0n) is 10.7. The van der Waals surface area contributed by atoms with E-state index in [-0.39, 0.29) is 6.10 Å². The summed E-state index contributed by atoms with van der Waals surface area (Å²) in [6.07, 6.45) is -0.117. The number of benzene rings is 2. The van der Waals surface area contributed by atoms with Crippen LogP contribution in [-0.2, 0) is 4.74 Å². The summed E-state index contributed by atoms with van der Waals surface area (Å²) in [6, 6.07) is 15.9. The summed E-state index contributed by atoms with van der Waals surface area (Å²) >= 11 is 0. The normalized spacial score (nSPS) is 12.2. The molecule has 18 heavy (non-hydrogen) atoms. The quantitative estimate of drug-likeness (QED) is 0.814. The van der Waals surface area contributed by atoms with Gasteiger partial charge >= 0.3 is 0 Å². The molecule has 0 spiro atoms. The highest BCUT2D eigenvalue weighted by Crippen LogP contribution is 2.29. The van der Waals surface area contributed by atoms with Crippen LogP contribution in [0.15, 0.2) is 48.5 Å². The Balaban J connectivity index is 2.42. The molecule has 1 unspecified atom stereocenters. The minimum absolute atomic E-state index is 0.117. The SMILES string of the molecule is [CH2]c1ccccc1C(OC)c1cccc(OC)c1. The van der Waals surface area contributed by atoms with Crippen molar-refractivity contribution in [2.45, 2.75) is 6.10 Å². The van der Waals surface area contributed by atoms with E-state index >= 15 is 0 Å². The van der Waals surface area contributed by atoms with Gasteiger partial charge in [-0.05, 0) is 35.7 Å². The Morgan fingerprint density at radius 1 is 1.00 bits per heavy atom. The highest BCUT2D eigenvalue weighted by atomic mass is 16.5. The average Bonchev–Trinajstić information content (AvgIpc) is 2.42. The highest BCUT2D eigenvalue weighted by molar-refractivity contribution is 5.40. The summed E-state index contributed by atoms with van der Waals surface area (Å²) in [4.78, 5) is 0. The van der Waals surface area contributed by atoms with Gasteiger partial charge in [0.2, 0.25) is 0 Å². The molecule has 0 heterocycles. The maximum absolute atomic E-state index is 5.61. The van der Waals surface area contributed by atoms with Crippen LogP contribution < -0.4 is 4.74 Å². The van der Waals surface area contributed by atoms with Crippen molar-refractivity contribution in [1.29, 1.82) is 0 Å². The Bertz CT molecular complexity index is 520. The second-order valence-corrected chi connectivity index (χ2v) is 4.09. The van der Waals surface area contributed by atoms with Crippen molar-refractivity contribution in [2.75, 3.05) is 14.2 Å². The van der Waals surface area contributed by atoms with Gasteiger partial charge in [-0.25, -0.2) is 0 Å². The summed E-state index contributed by atoms with van der Waals surface area (Å²) < 4.78 is 10.9. The van der Waals surface area contributed by atoms with E-state index in [1.807, 2.05) is 48.5 Å². The van der Waals surface area contributed by atoms with E-state index in [1.165, 1.54) is 0 Å². The number of hydrogen-bond acceptors (Lipinski definition) is 2. The molecule has 0 amide bonds. The molecule has 1 atom stereocenters. The second-order valence-electron chi connectivity index (χ2n) is 4.09. The third kappa shape index (κ3) is 2.54. The Morgan fingerprint density at radius 3 is 2.44 bits per heavy atom. The standard InChI is InChI=1S/C16H17O2/c1-12-7-4-5-10-15(12)16(18-3)13-8-6-9-14(11-13)17-2/h4-11,16H,1H2,2-3H3. The van der Waals surface area contributed by atoms with Crippen molar-refractivity contribution in [3.63, 3.8) is 0 Å². The van der Waals surface area contributed by atoms with Crippen molar-refractivity contribution in [3.8, 4) is 5.75 Å². The van der Waals surface area contributed by atoms with Gasteiger partial charge in [0.25, 0.3) is 0 Å². The summed E-state index contributed by atoms with van der Waals surface area (Å²) in [5.41, 5.74) is 3.12. The van der Waals surface area contributed by atoms with Gasteiger partial charge in [0, 0.05) is 7.11 Å². The van der Waals surface area contributed by atoms with E-state index in [0.717, 1.165) is 22.4 Å². The van der Waals surface area contributed by atoms with Gasteiger partial charge in [-0.15, -0.1) is 0 Å². The molecule has 0 aromatic heterocycles. The van der Waals surface area contributed by atoms with Gasteiger partial charge in [-0.1, -0.05) is 36.4 Å². The van der Waals surface area contributed by atoms with Crippen molar-refractivity contribution >= 4 is 0 Å². The first-order valence-corrected chi connectivity index (χ1v) is 5.84. The van der Waals surface area contributed by atoms with E-state index in [4.69, 9.17) is 9.47 Å². The van der Waals surface area contributed by atoms with Crippen LogP contribution in [0.4, 0.5) is 0 Å². The molecule has 2 nitrogen and oxygen atoms in total. The van der Waals surface area contributed by atoms with Gasteiger partial charge in [-0.3, -0.25) is 0 Å². The molecule has 2 rings (SSSR count). The van der Waals surface area contributed by atoms with Crippen LogP contribution in [0, 0.1) is 6.92 Å². The average molecular weight is 241 g/mol. The molecular weight excluding hydrogens is 224 g/mol. The molecule has 93 valence electrons. The first-order valence-electron chi connectivity index (χ1n) is 5.84. The molecule has 1 radical (unpaired) electrons. The molecule has 0 bridgehead atoms. The van der Waals surface area contributed by atoms with Gasteiger partial charge in [0.1, 0.15) is 11.9 Å². The largest absolute Gasteiger partial charge is 0.497 e. The van der Waals surface area contributed by atoms with Crippen LogP contribution in [-0.4, -0.2) is 14.2 Å². The number of hydrogen-bond donors (Lipinski definition) is 0. The lowest BCUT2D eigenvalue weighted by Gasteiger charge is -2.18. The summed E-state index contributed by atoms with van der Waals surface area (Å²) in [5.74, 6) is 0.830. The predicted molar refractivity (Wildman–Crippen MR) is 72.7 cm³/mol. The zero-order chi connectivity index (χ0) is 13.0. The van der Waals surface area contributed by atoms with Crippen LogP contribution in [0.2, 0.25) is 0 Å². The predicted octanol–water partition coefficient (Wildman–Crippen LogP) is 3.61. The van der Waals surface area contributed by atoms with Gasteiger partial charge < -0.3 is 9.47 Å². The molecule has 0 N–H and O–H groups in total. The van der Waals surface area contributed by atoms with Crippen molar-refractivity contribution < 1.29 is 9.47 Å².